The highest BCUT2D eigenvalue weighted by atomic mass is 35.5. The summed E-state index contributed by atoms with van der Waals surface area (Å²) in [5.74, 6) is 3.17. The van der Waals surface area contributed by atoms with Crippen LogP contribution in [0.3, 0.4) is 0 Å². The highest BCUT2D eigenvalue weighted by Crippen LogP contribution is 2.59. The lowest BCUT2D eigenvalue weighted by Crippen LogP contribution is -2.51. The maximum atomic E-state index is 12.6. The lowest BCUT2D eigenvalue weighted by atomic mass is 9.49. The van der Waals surface area contributed by atoms with E-state index < -0.39 is 0 Å². The second-order valence-corrected chi connectivity index (χ2v) is 10.7. The largest absolute Gasteiger partial charge is 0.355 e. The molecule has 154 valence electrons. The number of nitrogens with one attached hydrogen (secondary N) is 1. The molecule has 7 heteroatoms. The van der Waals surface area contributed by atoms with Crippen LogP contribution in [0.1, 0.15) is 44.1 Å². The van der Waals surface area contributed by atoms with Gasteiger partial charge in [0.2, 0.25) is 5.91 Å². The third-order valence-electron chi connectivity index (χ3n) is 7.11. The maximum absolute atomic E-state index is 12.6. The third-order valence-corrected chi connectivity index (χ3v) is 8.46. The van der Waals surface area contributed by atoms with Crippen molar-refractivity contribution >= 4 is 29.3 Å². The van der Waals surface area contributed by atoms with Gasteiger partial charge in [0, 0.05) is 11.6 Å². The molecule has 0 saturated heterocycles. The molecule has 4 aliphatic carbocycles. The van der Waals surface area contributed by atoms with Crippen LogP contribution in [0.15, 0.2) is 29.7 Å². The number of carbonyl (C=O) groups is 1. The Balaban J connectivity index is 1.18. The number of benzene rings is 1. The van der Waals surface area contributed by atoms with Crippen molar-refractivity contribution < 1.29 is 4.79 Å². The molecule has 0 radical (unpaired) electrons. The minimum atomic E-state index is 0.0854. The van der Waals surface area contributed by atoms with E-state index in [1.54, 1.807) is 6.33 Å². The second kappa shape index (κ2) is 7.62. The molecule has 1 heterocycles. The number of hydrogen-bond donors (Lipinski definition) is 1. The molecule has 1 aromatic carbocycles. The van der Waals surface area contributed by atoms with Gasteiger partial charge in [0.05, 0.1) is 11.4 Å². The molecule has 6 rings (SSSR count). The van der Waals surface area contributed by atoms with Crippen LogP contribution in [0.25, 0.3) is 5.69 Å². The van der Waals surface area contributed by atoms with Gasteiger partial charge in [-0.2, -0.15) is 0 Å². The van der Waals surface area contributed by atoms with Gasteiger partial charge in [0.1, 0.15) is 6.33 Å². The SMILES string of the molecule is Cc1ccc(-n2cnnc2SCC(=O)NCC23CC4CC(CC(C4)C2)C3)cc1Cl. The Morgan fingerprint density at radius 2 is 1.93 bits per heavy atom. The molecule has 4 saturated carbocycles. The zero-order valence-corrected chi connectivity index (χ0v) is 18.3. The van der Waals surface area contributed by atoms with Crippen LogP contribution in [-0.4, -0.2) is 33.0 Å². The molecule has 0 aliphatic heterocycles. The first-order chi connectivity index (χ1) is 14.0. The highest BCUT2D eigenvalue weighted by molar-refractivity contribution is 7.99. The highest BCUT2D eigenvalue weighted by Gasteiger charge is 2.50. The molecule has 5 nitrogen and oxygen atoms in total. The summed E-state index contributed by atoms with van der Waals surface area (Å²) in [5.41, 5.74) is 2.30. The molecule has 2 aromatic rings. The Morgan fingerprint density at radius 3 is 2.59 bits per heavy atom. The van der Waals surface area contributed by atoms with Gasteiger partial charge in [0.25, 0.3) is 0 Å². The molecule has 4 bridgehead atoms. The summed E-state index contributed by atoms with van der Waals surface area (Å²) < 4.78 is 1.88. The molecule has 4 fully saturated rings. The molecule has 0 spiro atoms. The second-order valence-electron chi connectivity index (χ2n) is 9.40. The van der Waals surface area contributed by atoms with Crippen molar-refractivity contribution in [1.82, 2.24) is 20.1 Å². The molecule has 0 unspecified atom stereocenters. The van der Waals surface area contributed by atoms with Crippen molar-refractivity contribution in [3.63, 3.8) is 0 Å². The zero-order chi connectivity index (χ0) is 20.0. The fourth-order valence-electron chi connectivity index (χ4n) is 6.21. The molecular weight excluding hydrogens is 404 g/mol. The van der Waals surface area contributed by atoms with Crippen molar-refractivity contribution in [3.8, 4) is 5.69 Å². The average molecular weight is 431 g/mol. The number of halogens is 1. The Labute approximate surface area is 181 Å². The average Bonchev–Trinajstić information content (AvgIpc) is 3.14. The van der Waals surface area contributed by atoms with Crippen LogP contribution >= 0.6 is 23.4 Å². The minimum Gasteiger partial charge on any atom is -0.355 e. The van der Waals surface area contributed by atoms with Crippen molar-refractivity contribution in [1.29, 1.82) is 0 Å². The van der Waals surface area contributed by atoms with Crippen LogP contribution in [-0.2, 0) is 4.79 Å². The van der Waals surface area contributed by atoms with E-state index in [4.69, 9.17) is 11.6 Å². The Kier molecular flexibility index (Phi) is 5.11. The van der Waals surface area contributed by atoms with Crippen LogP contribution < -0.4 is 5.32 Å². The van der Waals surface area contributed by atoms with Crippen LogP contribution in [0.2, 0.25) is 5.02 Å². The summed E-state index contributed by atoms with van der Waals surface area (Å²) in [7, 11) is 0. The normalized spacial score (nSPS) is 29.9. The summed E-state index contributed by atoms with van der Waals surface area (Å²) in [5, 5.41) is 12.9. The summed E-state index contributed by atoms with van der Waals surface area (Å²) in [4.78, 5) is 12.6. The van der Waals surface area contributed by atoms with Crippen LogP contribution in [0, 0.1) is 30.1 Å². The summed E-state index contributed by atoms with van der Waals surface area (Å²) in [6.07, 6.45) is 9.90. The first-order valence-electron chi connectivity index (χ1n) is 10.6. The topological polar surface area (TPSA) is 59.8 Å². The number of carbonyl (C=O) groups excluding carboxylic acids is 1. The minimum absolute atomic E-state index is 0.0854. The van der Waals surface area contributed by atoms with E-state index in [2.05, 4.69) is 15.5 Å². The van der Waals surface area contributed by atoms with Gasteiger partial charge < -0.3 is 5.32 Å². The Morgan fingerprint density at radius 1 is 1.24 bits per heavy atom. The molecule has 1 amide bonds. The molecule has 1 N–H and O–H groups in total. The van der Waals surface area contributed by atoms with Gasteiger partial charge in [-0.15, -0.1) is 10.2 Å². The Bertz CT molecular complexity index is 892. The van der Waals surface area contributed by atoms with E-state index in [1.807, 2.05) is 29.7 Å². The number of aromatic nitrogens is 3. The van der Waals surface area contributed by atoms with E-state index in [-0.39, 0.29) is 5.91 Å². The van der Waals surface area contributed by atoms with Gasteiger partial charge in [-0.1, -0.05) is 29.4 Å². The standard InChI is InChI=1S/C22H27ClN4OS/c1-14-2-3-18(7-19(14)23)27-13-25-26-21(27)29-11-20(28)24-12-22-8-15-4-16(9-22)6-17(5-15)10-22/h2-3,7,13,15-17H,4-6,8-12H2,1H3,(H,24,28). The van der Waals surface area contributed by atoms with Crippen LogP contribution in [0.4, 0.5) is 0 Å². The third kappa shape index (κ3) is 3.93. The van der Waals surface area contributed by atoms with Crippen LogP contribution in [0.5, 0.6) is 0 Å². The molecule has 29 heavy (non-hydrogen) atoms. The number of amides is 1. The van der Waals surface area contributed by atoms with Gasteiger partial charge >= 0.3 is 0 Å². The monoisotopic (exact) mass is 430 g/mol. The van der Waals surface area contributed by atoms with E-state index in [9.17, 15) is 4.79 Å². The van der Waals surface area contributed by atoms with E-state index >= 15 is 0 Å². The lowest BCUT2D eigenvalue weighted by Gasteiger charge is -2.56. The predicted octanol–water partition coefficient (Wildman–Crippen LogP) is 4.65. The maximum Gasteiger partial charge on any atom is 0.230 e. The fraction of sp³-hybridized carbons (Fsp3) is 0.591. The summed E-state index contributed by atoms with van der Waals surface area (Å²) >= 11 is 7.67. The molecule has 1 aromatic heterocycles. The quantitative estimate of drug-likeness (QED) is 0.677. The summed E-state index contributed by atoms with van der Waals surface area (Å²) in [6.45, 7) is 2.82. The number of rotatable bonds is 6. The first-order valence-corrected chi connectivity index (χ1v) is 11.9. The van der Waals surface area contributed by atoms with Gasteiger partial charge in [-0.25, -0.2) is 0 Å². The lowest BCUT2D eigenvalue weighted by molar-refractivity contribution is -0.120. The van der Waals surface area contributed by atoms with Crippen molar-refractivity contribution in [3.05, 3.63) is 35.1 Å². The van der Waals surface area contributed by atoms with Gasteiger partial charge in [-0.05, 0) is 86.3 Å². The zero-order valence-electron chi connectivity index (χ0n) is 16.7. The number of nitrogens with zero attached hydrogens (tertiary/aromatic N) is 3. The first kappa shape index (κ1) is 19.4. The Hall–Kier alpha value is -1.53. The summed E-state index contributed by atoms with van der Waals surface area (Å²) in [6, 6.07) is 5.86. The number of aryl methyl sites for hydroxylation is 1. The van der Waals surface area contributed by atoms with E-state index in [0.717, 1.165) is 35.5 Å². The fourth-order valence-corrected chi connectivity index (χ4v) is 7.14. The molecule has 4 aliphatic rings. The van der Waals surface area contributed by atoms with E-state index in [1.165, 1.54) is 50.3 Å². The van der Waals surface area contributed by atoms with E-state index in [0.29, 0.717) is 21.3 Å². The van der Waals surface area contributed by atoms with Crippen molar-refractivity contribution in [2.45, 2.75) is 50.6 Å². The number of thioether (sulfide) groups is 1. The van der Waals surface area contributed by atoms with Crippen molar-refractivity contribution in [2.24, 2.45) is 23.2 Å². The van der Waals surface area contributed by atoms with Gasteiger partial charge in [0.15, 0.2) is 5.16 Å². The number of hydrogen-bond acceptors (Lipinski definition) is 4. The molecule has 0 atom stereocenters. The van der Waals surface area contributed by atoms with Gasteiger partial charge in [-0.3, -0.25) is 9.36 Å². The molecular formula is C22H27ClN4OS. The van der Waals surface area contributed by atoms with Crippen molar-refractivity contribution in [2.75, 3.05) is 12.3 Å². The predicted molar refractivity (Wildman–Crippen MR) is 115 cm³/mol. The smallest absolute Gasteiger partial charge is 0.230 e.